The molecule has 27 heavy (non-hydrogen) atoms. The minimum absolute atomic E-state index is 0.104. The number of likely N-dealkylation sites (tertiary alicyclic amines) is 1. The second kappa shape index (κ2) is 9.31. The van der Waals surface area contributed by atoms with Crippen molar-refractivity contribution in [3.63, 3.8) is 0 Å². The standard InChI is InChI=1S/C22H27NO4/c1-25-20-13-12-17(16-21(20)26-2)19-10-6-14-23(19)22(24)11-7-15-27-18-8-4-3-5-9-18/h3-5,8-9,12-13,16,19H,6-7,10-11,14-15H2,1-2H3. The van der Waals surface area contributed by atoms with E-state index < -0.39 is 0 Å². The maximum Gasteiger partial charge on any atom is 0.223 e. The first-order chi connectivity index (χ1) is 13.2. The third kappa shape index (κ3) is 4.73. The molecule has 1 amide bonds. The van der Waals surface area contributed by atoms with E-state index in [9.17, 15) is 4.79 Å². The van der Waals surface area contributed by atoms with Crippen molar-refractivity contribution in [2.45, 2.75) is 31.7 Å². The molecule has 0 spiro atoms. The van der Waals surface area contributed by atoms with E-state index >= 15 is 0 Å². The summed E-state index contributed by atoms with van der Waals surface area (Å²) >= 11 is 0. The maximum absolute atomic E-state index is 12.7. The number of carbonyl (C=O) groups is 1. The minimum atomic E-state index is 0.104. The van der Waals surface area contributed by atoms with Gasteiger partial charge in [-0.05, 0) is 49.1 Å². The molecule has 0 bridgehead atoms. The summed E-state index contributed by atoms with van der Waals surface area (Å²) in [6.45, 7) is 1.35. The van der Waals surface area contributed by atoms with Gasteiger partial charge >= 0.3 is 0 Å². The number of carbonyl (C=O) groups excluding carboxylic acids is 1. The number of para-hydroxylation sites is 1. The van der Waals surface area contributed by atoms with Gasteiger partial charge in [0.25, 0.3) is 0 Å². The summed E-state index contributed by atoms with van der Waals surface area (Å²) in [5.74, 6) is 2.43. The van der Waals surface area contributed by atoms with E-state index in [1.54, 1.807) is 14.2 Å². The molecular formula is C22H27NO4. The molecule has 5 nitrogen and oxygen atoms in total. The van der Waals surface area contributed by atoms with Crippen molar-refractivity contribution < 1.29 is 19.0 Å². The number of methoxy groups -OCH3 is 2. The number of amides is 1. The Morgan fingerprint density at radius 2 is 1.85 bits per heavy atom. The van der Waals surface area contributed by atoms with Gasteiger partial charge in [0.15, 0.2) is 11.5 Å². The summed E-state index contributed by atoms with van der Waals surface area (Å²) in [4.78, 5) is 14.7. The average molecular weight is 369 g/mol. The van der Waals surface area contributed by atoms with E-state index in [-0.39, 0.29) is 11.9 Å². The third-order valence-corrected chi connectivity index (χ3v) is 4.91. The highest BCUT2D eigenvalue weighted by Crippen LogP contribution is 2.37. The second-order valence-electron chi connectivity index (χ2n) is 6.62. The third-order valence-electron chi connectivity index (χ3n) is 4.91. The molecule has 5 heteroatoms. The smallest absolute Gasteiger partial charge is 0.223 e. The summed E-state index contributed by atoms with van der Waals surface area (Å²) in [5.41, 5.74) is 1.10. The van der Waals surface area contributed by atoms with Gasteiger partial charge in [0.2, 0.25) is 5.91 Å². The minimum Gasteiger partial charge on any atom is -0.494 e. The van der Waals surface area contributed by atoms with Gasteiger partial charge in [0.1, 0.15) is 5.75 Å². The SMILES string of the molecule is COc1ccc(C2CCCN2C(=O)CCCOc2ccccc2)cc1OC. The number of rotatable bonds is 8. The average Bonchev–Trinajstić information content (AvgIpc) is 3.21. The fourth-order valence-corrected chi connectivity index (χ4v) is 3.55. The molecule has 3 rings (SSSR count). The zero-order valence-electron chi connectivity index (χ0n) is 16.0. The molecule has 1 saturated heterocycles. The molecule has 0 N–H and O–H groups in total. The first-order valence-corrected chi connectivity index (χ1v) is 9.42. The number of ether oxygens (including phenoxy) is 3. The quantitative estimate of drug-likeness (QED) is 0.654. The van der Waals surface area contributed by atoms with Crippen LogP contribution >= 0.6 is 0 Å². The van der Waals surface area contributed by atoms with Crippen LogP contribution in [0.4, 0.5) is 0 Å². The fourth-order valence-electron chi connectivity index (χ4n) is 3.55. The molecule has 2 aromatic rings. The largest absolute Gasteiger partial charge is 0.494 e. The van der Waals surface area contributed by atoms with Gasteiger partial charge in [-0.25, -0.2) is 0 Å². The summed E-state index contributed by atoms with van der Waals surface area (Å²) < 4.78 is 16.4. The summed E-state index contributed by atoms with van der Waals surface area (Å²) in [5, 5.41) is 0. The Kier molecular flexibility index (Phi) is 6.58. The van der Waals surface area contributed by atoms with Gasteiger partial charge in [-0.2, -0.15) is 0 Å². The lowest BCUT2D eigenvalue weighted by Crippen LogP contribution is -2.30. The van der Waals surface area contributed by atoms with Crippen LogP contribution in [-0.4, -0.2) is 38.2 Å². The van der Waals surface area contributed by atoms with Gasteiger partial charge in [0, 0.05) is 13.0 Å². The Balaban J connectivity index is 1.56. The highest BCUT2D eigenvalue weighted by atomic mass is 16.5. The van der Waals surface area contributed by atoms with Crippen molar-refractivity contribution in [3.8, 4) is 17.2 Å². The van der Waals surface area contributed by atoms with Crippen LogP contribution in [0.5, 0.6) is 17.2 Å². The van der Waals surface area contributed by atoms with Crippen molar-refractivity contribution in [2.75, 3.05) is 27.4 Å². The first kappa shape index (κ1) is 19.1. The van der Waals surface area contributed by atoms with Crippen LogP contribution in [0.1, 0.15) is 37.3 Å². The molecule has 0 aliphatic carbocycles. The maximum atomic E-state index is 12.7. The summed E-state index contributed by atoms with van der Waals surface area (Å²) in [7, 11) is 3.26. The van der Waals surface area contributed by atoms with E-state index in [0.717, 1.165) is 30.7 Å². The lowest BCUT2D eigenvalue weighted by atomic mass is 10.0. The molecule has 1 fully saturated rings. The van der Waals surface area contributed by atoms with E-state index in [4.69, 9.17) is 14.2 Å². The Morgan fingerprint density at radius 3 is 2.59 bits per heavy atom. The van der Waals surface area contributed by atoms with Crippen LogP contribution in [0, 0.1) is 0 Å². The fraction of sp³-hybridized carbons (Fsp3) is 0.409. The van der Waals surface area contributed by atoms with Crippen LogP contribution in [0.15, 0.2) is 48.5 Å². The van der Waals surface area contributed by atoms with Crippen LogP contribution < -0.4 is 14.2 Å². The number of hydrogen-bond acceptors (Lipinski definition) is 4. The topological polar surface area (TPSA) is 48.0 Å². The van der Waals surface area contributed by atoms with E-state index in [0.29, 0.717) is 30.9 Å². The Morgan fingerprint density at radius 1 is 1.07 bits per heavy atom. The van der Waals surface area contributed by atoms with Crippen LogP contribution in [0.25, 0.3) is 0 Å². The Hall–Kier alpha value is -2.69. The van der Waals surface area contributed by atoms with Crippen LogP contribution in [0.2, 0.25) is 0 Å². The lowest BCUT2D eigenvalue weighted by molar-refractivity contribution is -0.132. The van der Waals surface area contributed by atoms with E-state index in [1.165, 1.54) is 0 Å². The molecule has 1 aliphatic heterocycles. The zero-order valence-corrected chi connectivity index (χ0v) is 16.0. The predicted molar refractivity (Wildman–Crippen MR) is 104 cm³/mol. The predicted octanol–water partition coefficient (Wildman–Crippen LogP) is 4.23. The van der Waals surface area contributed by atoms with Gasteiger partial charge in [-0.1, -0.05) is 24.3 Å². The van der Waals surface area contributed by atoms with Crippen molar-refractivity contribution >= 4 is 5.91 Å². The monoisotopic (exact) mass is 369 g/mol. The van der Waals surface area contributed by atoms with Gasteiger partial charge in [0.05, 0.1) is 26.9 Å². The zero-order chi connectivity index (χ0) is 19.1. The van der Waals surface area contributed by atoms with Crippen LogP contribution in [-0.2, 0) is 4.79 Å². The first-order valence-electron chi connectivity index (χ1n) is 9.42. The van der Waals surface area contributed by atoms with Gasteiger partial charge in [-0.15, -0.1) is 0 Å². The number of benzene rings is 2. The normalized spacial score (nSPS) is 16.2. The van der Waals surface area contributed by atoms with Crippen molar-refractivity contribution in [1.29, 1.82) is 0 Å². The van der Waals surface area contributed by atoms with E-state index in [2.05, 4.69) is 0 Å². The Bertz CT molecular complexity index is 747. The lowest BCUT2D eigenvalue weighted by Gasteiger charge is -2.26. The number of nitrogens with zero attached hydrogens (tertiary/aromatic N) is 1. The van der Waals surface area contributed by atoms with Crippen molar-refractivity contribution in [1.82, 2.24) is 4.90 Å². The van der Waals surface area contributed by atoms with E-state index in [1.807, 2.05) is 53.4 Å². The highest BCUT2D eigenvalue weighted by molar-refractivity contribution is 5.77. The second-order valence-corrected chi connectivity index (χ2v) is 6.62. The number of hydrogen-bond donors (Lipinski definition) is 0. The Labute approximate surface area is 160 Å². The van der Waals surface area contributed by atoms with Crippen LogP contribution in [0.3, 0.4) is 0 Å². The molecular weight excluding hydrogens is 342 g/mol. The molecule has 0 saturated carbocycles. The summed E-state index contributed by atoms with van der Waals surface area (Å²) in [6.07, 6.45) is 3.20. The van der Waals surface area contributed by atoms with Gasteiger partial charge in [-0.3, -0.25) is 4.79 Å². The van der Waals surface area contributed by atoms with Crippen molar-refractivity contribution in [2.24, 2.45) is 0 Å². The molecule has 144 valence electrons. The molecule has 1 atom stereocenters. The molecule has 1 heterocycles. The van der Waals surface area contributed by atoms with Gasteiger partial charge < -0.3 is 19.1 Å². The molecule has 1 aliphatic rings. The molecule has 2 aromatic carbocycles. The molecule has 0 radical (unpaired) electrons. The molecule has 0 aromatic heterocycles. The summed E-state index contributed by atoms with van der Waals surface area (Å²) in [6, 6.07) is 15.7. The van der Waals surface area contributed by atoms with Crippen molar-refractivity contribution in [3.05, 3.63) is 54.1 Å². The highest BCUT2D eigenvalue weighted by Gasteiger charge is 2.30. The molecule has 1 unspecified atom stereocenters.